The molecule has 1 nitrogen and oxygen atoms in total. The molecule has 68 valence electrons. The highest BCUT2D eigenvalue weighted by Gasteiger charge is 2.22. The Bertz CT molecular complexity index is 376. The summed E-state index contributed by atoms with van der Waals surface area (Å²) in [4.78, 5) is 11.2. The zero-order chi connectivity index (χ0) is 9.42. The van der Waals surface area contributed by atoms with Crippen molar-refractivity contribution in [2.75, 3.05) is 5.75 Å². The minimum Gasteiger partial charge on any atom is -0.293 e. The maximum Gasteiger partial charge on any atom is 0.173 e. The summed E-state index contributed by atoms with van der Waals surface area (Å²) >= 11 is 1.31. The third kappa shape index (κ3) is 1.35. The van der Waals surface area contributed by atoms with Crippen LogP contribution in [0.1, 0.15) is 15.9 Å². The van der Waals surface area contributed by atoms with Crippen molar-refractivity contribution in [3.05, 3.63) is 34.9 Å². The van der Waals surface area contributed by atoms with Crippen molar-refractivity contribution in [3.8, 4) is 0 Å². The van der Waals surface area contributed by atoms with Gasteiger partial charge in [-0.15, -0.1) is 11.8 Å². The maximum absolute atomic E-state index is 13.1. The minimum atomic E-state index is -0.881. The molecule has 13 heavy (non-hydrogen) atoms. The normalized spacial score (nSPS) is 15.7. The lowest BCUT2D eigenvalue weighted by Gasteiger charge is -2.14. The smallest absolute Gasteiger partial charge is 0.173 e. The van der Waals surface area contributed by atoms with Crippen molar-refractivity contribution in [2.24, 2.45) is 0 Å². The largest absolute Gasteiger partial charge is 0.293 e. The Morgan fingerprint density at radius 1 is 1.23 bits per heavy atom. The molecule has 0 fully saturated rings. The number of hydrogen-bond acceptors (Lipinski definition) is 2. The first-order valence-electron chi connectivity index (χ1n) is 3.78. The van der Waals surface area contributed by atoms with E-state index < -0.39 is 11.6 Å². The number of halogens is 2. The Hall–Kier alpha value is -0.900. The lowest BCUT2D eigenvalue weighted by Crippen LogP contribution is -2.14. The Balaban J connectivity index is 2.63. The number of rotatable bonds is 0. The number of thioether (sulfide) groups is 1. The van der Waals surface area contributed by atoms with Crippen LogP contribution in [0.4, 0.5) is 8.78 Å². The van der Waals surface area contributed by atoms with Crippen molar-refractivity contribution < 1.29 is 13.6 Å². The van der Waals surface area contributed by atoms with Gasteiger partial charge in [-0.2, -0.15) is 0 Å². The molecule has 2 rings (SSSR count). The molecule has 0 saturated heterocycles. The average Bonchev–Trinajstić information content (AvgIpc) is 2.12. The van der Waals surface area contributed by atoms with Crippen LogP contribution in [0, 0.1) is 11.6 Å². The van der Waals surface area contributed by atoms with Crippen LogP contribution in [0.25, 0.3) is 0 Å². The minimum absolute atomic E-state index is 0.120. The van der Waals surface area contributed by atoms with Gasteiger partial charge in [0.25, 0.3) is 0 Å². The molecule has 0 aromatic heterocycles. The van der Waals surface area contributed by atoms with Gasteiger partial charge in [-0.05, 0) is 12.1 Å². The predicted molar refractivity (Wildman–Crippen MR) is 46.9 cm³/mol. The molecule has 1 aromatic rings. The molecule has 0 bridgehead atoms. The molecule has 0 N–H and O–H groups in total. The molecule has 0 unspecified atom stereocenters. The quantitative estimate of drug-likeness (QED) is 0.639. The summed E-state index contributed by atoms with van der Waals surface area (Å²) in [6.45, 7) is 0. The molecular weight excluding hydrogens is 194 g/mol. The van der Waals surface area contributed by atoms with Crippen LogP contribution in [-0.2, 0) is 5.75 Å². The first-order chi connectivity index (χ1) is 6.20. The summed E-state index contributed by atoms with van der Waals surface area (Å²) in [5, 5.41) is 0. The van der Waals surface area contributed by atoms with Gasteiger partial charge in [0.05, 0.1) is 5.75 Å². The second-order valence-corrected chi connectivity index (χ2v) is 3.79. The lowest BCUT2D eigenvalue weighted by atomic mass is 10.0. The second kappa shape index (κ2) is 3.10. The molecule has 0 amide bonds. The van der Waals surface area contributed by atoms with Gasteiger partial charge in [0.2, 0.25) is 0 Å². The van der Waals surface area contributed by atoms with Crippen molar-refractivity contribution in [3.63, 3.8) is 0 Å². The van der Waals surface area contributed by atoms with Crippen LogP contribution in [0.15, 0.2) is 12.1 Å². The van der Waals surface area contributed by atoms with Gasteiger partial charge in [-0.1, -0.05) is 0 Å². The van der Waals surface area contributed by atoms with Crippen LogP contribution < -0.4 is 0 Å². The van der Waals surface area contributed by atoms with E-state index in [9.17, 15) is 13.6 Å². The molecular formula is C9H6F2OS. The van der Waals surface area contributed by atoms with E-state index in [1.807, 2.05) is 0 Å². The van der Waals surface area contributed by atoms with Crippen LogP contribution in [0.3, 0.4) is 0 Å². The highest BCUT2D eigenvalue weighted by Crippen LogP contribution is 2.27. The van der Waals surface area contributed by atoms with Crippen LogP contribution in [-0.4, -0.2) is 11.5 Å². The standard InChI is InChI=1S/C9H6F2OS/c10-7-2-1-5-6(9(7)11)3-13-4-8(5)12/h1-2H,3-4H2. The monoisotopic (exact) mass is 200 g/mol. The van der Waals surface area contributed by atoms with Crippen molar-refractivity contribution >= 4 is 17.5 Å². The summed E-state index contributed by atoms with van der Waals surface area (Å²) in [6.07, 6.45) is 0. The molecule has 0 radical (unpaired) electrons. The van der Waals surface area contributed by atoms with Crippen molar-refractivity contribution in [1.82, 2.24) is 0 Å². The van der Waals surface area contributed by atoms with E-state index in [-0.39, 0.29) is 11.3 Å². The molecule has 1 aromatic carbocycles. The number of carbonyl (C=O) groups is 1. The fourth-order valence-corrected chi connectivity index (χ4v) is 2.25. The van der Waals surface area contributed by atoms with E-state index in [4.69, 9.17) is 0 Å². The van der Waals surface area contributed by atoms with Crippen LogP contribution in [0.5, 0.6) is 0 Å². The lowest BCUT2D eigenvalue weighted by molar-refractivity contribution is 0.102. The highest BCUT2D eigenvalue weighted by molar-refractivity contribution is 7.99. The third-order valence-corrected chi connectivity index (χ3v) is 2.94. The van der Waals surface area contributed by atoms with Gasteiger partial charge in [0.15, 0.2) is 17.4 Å². The SMILES string of the molecule is O=C1CSCc2c1ccc(F)c2F. The fourth-order valence-electron chi connectivity index (χ4n) is 1.32. The predicted octanol–water partition coefficient (Wildman–Crippen LogP) is 2.39. The number of hydrogen-bond donors (Lipinski definition) is 0. The molecule has 1 aliphatic rings. The van der Waals surface area contributed by atoms with Gasteiger partial charge in [0, 0.05) is 16.9 Å². The second-order valence-electron chi connectivity index (χ2n) is 2.80. The Morgan fingerprint density at radius 3 is 2.77 bits per heavy atom. The van der Waals surface area contributed by atoms with E-state index in [0.29, 0.717) is 17.1 Å². The van der Waals surface area contributed by atoms with E-state index >= 15 is 0 Å². The molecule has 4 heteroatoms. The molecule has 0 aliphatic carbocycles. The van der Waals surface area contributed by atoms with Gasteiger partial charge in [0.1, 0.15) is 0 Å². The Morgan fingerprint density at radius 2 is 2.00 bits per heavy atom. The maximum atomic E-state index is 13.1. The summed E-state index contributed by atoms with van der Waals surface area (Å²) in [7, 11) is 0. The zero-order valence-electron chi connectivity index (χ0n) is 6.64. The number of ketones is 1. The van der Waals surface area contributed by atoms with Gasteiger partial charge < -0.3 is 0 Å². The number of fused-ring (bicyclic) bond motifs is 1. The summed E-state index contributed by atoms with van der Waals surface area (Å²) in [6, 6.07) is 2.36. The van der Waals surface area contributed by atoms with Crippen LogP contribution >= 0.6 is 11.8 Å². The van der Waals surface area contributed by atoms with Crippen molar-refractivity contribution in [2.45, 2.75) is 5.75 Å². The molecule has 0 spiro atoms. The van der Waals surface area contributed by atoms with Gasteiger partial charge in [-0.25, -0.2) is 8.78 Å². The molecule has 1 heterocycles. The first-order valence-corrected chi connectivity index (χ1v) is 4.93. The van der Waals surface area contributed by atoms with E-state index in [1.54, 1.807) is 0 Å². The Labute approximate surface area is 78.1 Å². The number of benzene rings is 1. The van der Waals surface area contributed by atoms with E-state index in [1.165, 1.54) is 17.8 Å². The first kappa shape index (κ1) is 8.69. The van der Waals surface area contributed by atoms with Crippen LogP contribution in [0.2, 0.25) is 0 Å². The van der Waals surface area contributed by atoms with Crippen molar-refractivity contribution in [1.29, 1.82) is 0 Å². The highest BCUT2D eigenvalue weighted by atomic mass is 32.2. The summed E-state index contributed by atoms with van der Waals surface area (Å²) < 4.78 is 25.9. The molecule has 1 aliphatic heterocycles. The van der Waals surface area contributed by atoms with E-state index in [2.05, 4.69) is 0 Å². The molecule has 0 atom stereocenters. The average molecular weight is 200 g/mol. The number of carbonyl (C=O) groups excluding carboxylic acids is 1. The third-order valence-electron chi connectivity index (χ3n) is 1.98. The number of Topliss-reactive ketones (excluding diaryl/α,β-unsaturated/α-hetero) is 1. The summed E-state index contributed by atoms with van der Waals surface area (Å²) in [5.74, 6) is -1.14. The summed E-state index contributed by atoms with van der Waals surface area (Å²) in [5.41, 5.74) is 0.541. The topological polar surface area (TPSA) is 17.1 Å². The van der Waals surface area contributed by atoms with Gasteiger partial charge >= 0.3 is 0 Å². The fraction of sp³-hybridized carbons (Fsp3) is 0.222. The zero-order valence-corrected chi connectivity index (χ0v) is 7.46. The molecule has 0 saturated carbocycles. The van der Waals surface area contributed by atoms with Gasteiger partial charge in [-0.3, -0.25) is 4.79 Å². The van der Waals surface area contributed by atoms with E-state index in [0.717, 1.165) is 6.07 Å². The Kier molecular flexibility index (Phi) is 2.07.